The van der Waals surface area contributed by atoms with Gasteiger partial charge in [0.15, 0.2) is 0 Å². The largest absolute Gasteiger partial charge is 0.319 e. The third-order valence-electron chi connectivity index (χ3n) is 2.19. The Bertz CT molecular complexity index is 370. The van der Waals surface area contributed by atoms with E-state index in [2.05, 4.69) is 10.3 Å². The van der Waals surface area contributed by atoms with Gasteiger partial charge in [0.2, 0.25) is 5.91 Å². The molecule has 88 valence electrons. The Morgan fingerprint density at radius 2 is 2.12 bits per heavy atom. The number of hydrogen-bond donors (Lipinski definition) is 2. The molecule has 0 saturated heterocycles. The zero-order valence-electron chi connectivity index (χ0n) is 9.62. The second kappa shape index (κ2) is 4.57. The van der Waals surface area contributed by atoms with E-state index >= 15 is 0 Å². The van der Waals surface area contributed by atoms with Crippen LogP contribution in [0.4, 0.5) is 10.2 Å². The lowest BCUT2D eigenvalue weighted by atomic mass is 9.87. The van der Waals surface area contributed by atoms with Crippen molar-refractivity contribution in [1.29, 1.82) is 0 Å². The van der Waals surface area contributed by atoms with Crippen LogP contribution in [-0.2, 0) is 4.79 Å². The van der Waals surface area contributed by atoms with Gasteiger partial charge >= 0.3 is 0 Å². The van der Waals surface area contributed by atoms with E-state index < -0.39 is 11.9 Å². The number of carbonyl (C=O) groups excluding carboxylic acids is 1. The molecule has 1 amide bonds. The Morgan fingerprint density at radius 3 is 2.56 bits per heavy atom. The fraction of sp³-hybridized carbons (Fsp3) is 0.455. The number of nitrogens with one attached hydrogen (secondary N) is 1. The summed E-state index contributed by atoms with van der Waals surface area (Å²) in [6, 6.07) is 1.98. The number of nitrogens with two attached hydrogens (primary N) is 1. The second-order valence-electron chi connectivity index (χ2n) is 4.69. The zero-order chi connectivity index (χ0) is 12.3. The molecule has 16 heavy (non-hydrogen) atoms. The van der Waals surface area contributed by atoms with Gasteiger partial charge in [0, 0.05) is 0 Å². The molecule has 4 nitrogen and oxygen atoms in total. The van der Waals surface area contributed by atoms with E-state index in [0.717, 1.165) is 6.20 Å². The summed E-state index contributed by atoms with van der Waals surface area (Å²) in [5.74, 6) is -0.476. The zero-order valence-corrected chi connectivity index (χ0v) is 9.62. The average molecular weight is 225 g/mol. The minimum atomic E-state index is -0.639. The molecule has 1 atom stereocenters. The van der Waals surface area contributed by atoms with Crippen molar-refractivity contribution in [3.63, 3.8) is 0 Å². The molecule has 0 aliphatic carbocycles. The highest BCUT2D eigenvalue weighted by atomic mass is 19.1. The van der Waals surface area contributed by atoms with Gasteiger partial charge in [0.25, 0.3) is 0 Å². The minimum absolute atomic E-state index is 0.297. The molecule has 1 aromatic rings. The van der Waals surface area contributed by atoms with Crippen LogP contribution in [0.25, 0.3) is 0 Å². The van der Waals surface area contributed by atoms with Crippen molar-refractivity contribution in [1.82, 2.24) is 4.98 Å². The number of anilines is 1. The standard InChI is InChI=1S/C11H16FN3O/c1-11(2,3)9(13)10(16)15-8-5-4-7(12)6-14-8/h4-6,9H,13H2,1-3H3,(H,14,15,16)/t9-/m0/s1. The van der Waals surface area contributed by atoms with Gasteiger partial charge in [-0.3, -0.25) is 4.79 Å². The molecular weight excluding hydrogens is 209 g/mol. The van der Waals surface area contributed by atoms with E-state index in [4.69, 9.17) is 5.73 Å². The smallest absolute Gasteiger partial charge is 0.242 e. The molecule has 0 unspecified atom stereocenters. The number of nitrogens with zero attached hydrogens (tertiary/aromatic N) is 1. The SMILES string of the molecule is CC(C)(C)[C@@H](N)C(=O)Nc1ccc(F)cn1. The van der Waals surface area contributed by atoms with E-state index in [1.807, 2.05) is 20.8 Å². The lowest BCUT2D eigenvalue weighted by Gasteiger charge is -2.25. The third kappa shape index (κ3) is 3.27. The molecule has 0 radical (unpaired) electrons. The van der Waals surface area contributed by atoms with Crippen molar-refractivity contribution in [2.45, 2.75) is 26.8 Å². The molecule has 0 saturated carbocycles. The van der Waals surface area contributed by atoms with Crippen LogP contribution in [-0.4, -0.2) is 16.9 Å². The first-order valence-electron chi connectivity index (χ1n) is 4.98. The van der Waals surface area contributed by atoms with E-state index in [-0.39, 0.29) is 11.3 Å². The molecule has 0 bridgehead atoms. The number of carbonyl (C=O) groups is 1. The van der Waals surface area contributed by atoms with Gasteiger partial charge in [-0.2, -0.15) is 0 Å². The highest BCUT2D eigenvalue weighted by Crippen LogP contribution is 2.18. The molecule has 0 aliphatic rings. The summed E-state index contributed by atoms with van der Waals surface area (Å²) in [6.07, 6.45) is 1.04. The van der Waals surface area contributed by atoms with Crippen LogP contribution in [0.5, 0.6) is 0 Å². The Hall–Kier alpha value is -1.49. The van der Waals surface area contributed by atoms with E-state index in [1.165, 1.54) is 12.1 Å². The van der Waals surface area contributed by atoms with Gasteiger partial charge in [-0.05, 0) is 17.5 Å². The molecule has 1 rings (SSSR count). The molecule has 1 aromatic heterocycles. The Labute approximate surface area is 94.1 Å². The van der Waals surface area contributed by atoms with Crippen LogP contribution in [0.3, 0.4) is 0 Å². The Morgan fingerprint density at radius 1 is 1.50 bits per heavy atom. The van der Waals surface area contributed by atoms with Crippen molar-refractivity contribution in [2.24, 2.45) is 11.1 Å². The first-order valence-corrected chi connectivity index (χ1v) is 4.98. The van der Waals surface area contributed by atoms with Crippen LogP contribution in [0.2, 0.25) is 0 Å². The topological polar surface area (TPSA) is 68.0 Å². The van der Waals surface area contributed by atoms with Crippen molar-refractivity contribution in [2.75, 3.05) is 5.32 Å². The van der Waals surface area contributed by atoms with Crippen LogP contribution in [0, 0.1) is 11.2 Å². The van der Waals surface area contributed by atoms with Crippen molar-refractivity contribution in [3.05, 3.63) is 24.1 Å². The monoisotopic (exact) mass is 225 g/mol. The summed E-state index contributed by atoms with van der Waals surface area (Å²) in [5, 5.41) is 2.53. The van der Waals surface area contributed by atoms with Crippen molar-refractivity contribution in [3.8, 4) is 0 Å². The van der Waals surface area contributed by atoms with Gasteiger partial charge in [0.05, 0.1) is 12.2 Å². The summed E-state index contributed by atoms with van der Waals surface area (Å²) >= 11 is 0. The summed E-state index contributed by atoms with van der Waals surface area (Å²) in [7, 11) is 0. The molecule has 1 heterocycles. The Balaban J connectivity index is 2.68. The summed E-state index contributed by atoms with van der Waals surface area (Å²) < 4.78 is 12.6. The minimum Gasteiger partial charge on any atom is -0.319 e. The van der Waals surface area contributed by atoms with Gasteiger partial charge in [-0.25, -0.2) is 9.37 Å². The first kappa shape index (κ1) is 12.6. The van der Waals surface area contributed by atoms with Crippen LogP contribution in [0.1, 0.15) is 20.8 Å². The molecule has 0 fully saturated rings. The molecular formula is C11H16FN3O. The van der Waals surface area contributed by atoms with E-state index in [0.29, 0.717) is 5.82 Å². The number of amides is 1. The Kier molecular flexibility index (Phi) is 3.59. The molecule has 3 N–H and O–H groups in total. The summed E-state index contributed by atoms with van der Waals surface area (Å²) in [6.45, 7) is 5.61. The maximum Gasteiger partial charge on any atom is 0.242 e. The van der Waals surface area contributed by atoms with Gasteiger partial charge in [-0.1, -0.05) is 20.8 Å². The number of hydrogen-bond acceptors (Lipinski definition) is 3. The second-order valence-corrected chi connectivity index (χ2v) is 4.69. The summed E-state index contributed by atoms with van der Waals surface area (Å²) in [5.41, 5.74) is 5.43. The van der Waals surface area contributed by atoms with Crippen LogP contribution >= 0.6 is 0 Å². The third-order valence-corrected chi connectivity index (χ3v) is 2.19. The van der Waals surface area contributed by atoms with E-state index in [1.54, 1.807) is 0 Å². The lowest BCUT2D eigenvalue weighted by molar-refractivity contribution is -0.119. The van der Waals surface area contributed by atoms with Crippen molar-refractivity contribution < 1.29 is 9.18 Å². The normalized spacial score (nSPS) is 13.3. The maximum absolute atomic E-state index is 12.6. The molecule has 0 spiro atoms. The molecule has 0 aromatic carbocycles. The number of pyridine rings is 1. The van der Waals surface area contributed by atoms with Gasteiger partial charge in [-0.15, -0.1) is 0 Å². The number of halogens is 1. The average Bonchev–Trinajstić information content (AvgIpc) is 2.19. The quantitative estimate of drug-likeness (QED) is 0.802. The van der Waals surface area contributed by atoms with Gasteiger partial charge < -0.3 is 11.1 Å². The summed E-state index contributed by atoms with van der Waals surface area (Å²) in [4.78, 5) is 15.4. The van der Waals surface area contributed by atoms with Gasteiger partial charge in [0.1, 0.15) is 11.6 Å². The fourth-order valence-corrected chi connectivity index (χ4v) is 1.05. The van der Waals surface area contributed by atoms with Crippen LogP contribution in [0.15, 0.2) is 18.3 Å². The fourth-order valence-electron chi connectivity index (χ4n) is 1.05. The molecule has 0 aliphatic heterocycles. The maximum atomic E-state index is 12.6. The highest BCUT2D eigenvalue weighted by Gasteiger charge is 2.27. The highest BCUT2D eigenvalue weighted by molar-refractivity contribution is 5.94. The predicted octanol–water partition coefficient (Wildman–Crippen LogP) is 1.53. The number of aromatic nitrogens is 1. The first-order chi connectivity index (χ1) is 7.30. The predicted molar refractivity (Wildman–Crippen MR) is 60.3 cm³/mol. The number of rotatable bonds is 2. The van der Waals surface area contributed by atoms with Crippen molar-refractivity contribution >= 4 is 11.7 Å². The van der Waals surface area contributed by atoms with Crippen LogP contribution < -0.4 is 11.1 Å². The lowest BCUT2D eigenvalue weighted by Crippen LogP contribution is -2.45. The van der Waals surface area contributed by atoms with E-state index in [9.17, 15) is 9.18 Å². The molecule has 5 heteroatoms.